The summed E-state index contributed by atoms with van der Waals surface area (Å²) in [6.45, 7) is 2.18. The predicted molar refractivity (Wildman–Crippen MR) is 150 cm³/mol. The maximum absolute atomic E-state index is 2.95. The Hall–Kier alpha value is -3.04. The van der Waals surface area contributed by atoms with Crippen LogP contribution in [0.5, 0.6) is 0 Å². The average molecular weight is 460 g/mol. The van der Waals surface area contributed by atoms with Gasteiger partial charge in [0.2, 0.25) is 0 Å². The molecule has 5 rings (SSSR count). The summed E-state index contributed by atoms with van der Waals surface area (Å²) in [4.78, 5) is 0. The van der Waals surface area contributed by atoms with Crippen LogP contribution in [0.25, 0.3) is 22.3 Å². The molecule has 2 heteroatoms. The van der Waals surface area contributed by atoms with Crippen LogP contribution < -0.4 is 21.2 Å². The van der Waals surface area contributed by atoms with E-state index in [2.05, 4.69) is 144 Å². The van der Waals surface area contributed by atoms with E-state index in [4.69, 9.17) is 0 Å². The molecule has 0 heterocycles. The van der Waals surface area contributed by atoms with E-state index in [9.17, 15) is 0 Å². The van der Waals surface area contributed by atoms with Gasteiger partial charge in [-0.25, -0.2) is 0 Å². The topological polar surface area (TPSA) is 0 Å². The molecule has 0 amide bonds. The molecule has 0 aliphatic carbocycles. The van der Waals surface area contributed by atoms with E-state index in [1.807, 2.05) is 0 Å². The molecule has 0 spiro atoms. The van der Waals surface area contributed by atoms with Gasteiger partial charge in [-0.3, -0.25) is 0 Å². The summed E-state index contributed by atoms with van der Waals surface area (Å²) in [5.74, 6) is 0. The lowest BCUT2D eigenvalue weighted by Gasteiger charge is -2.23. The highest BCUT2D eigenvalue weighted by atomic mass is 31.1. The fourth-order valence-electron chi connectivity index (χ4n) is 4.33. The second kappa shape index (κ2) is 9.84. The highest BCUT2D eigenvalue weighted by Gasteiger charge is 2.21. The molecule has 5 aromatic rings. The third-order valence-electron chi connectivity index (χ3n) is 5.97. The van der Waals surface area contributed by atoms with Gasteiger partial charge >= 0.3 is 0 Å². The molecule has 0 fully saturated rings. The molecular formula is C31H26P2. The standard InChI is InChI=1S/C31H26P2/c1-23-12-8-9-17-27(23)24-20-21-30(32)29(22-24)28-18-10-11-19-31(28)33(25-13-4-2-5-14-25)26-15-6-3-7-16-26/h2-22H,32H2,1H3. The Morgan fingerprint density at radius 3 is 1.70 bits per heavy atom. The normalized spacial score (nSPS) is 11.0. The third-order valence-corrected chi connectivity index (χ3v) is 8.98. The van der Waals surface area contributed by atoms with E-state index < -0.39 is 7.92 Å². The van der Waals surface area contributed by atoms with Crippen molar-refractivity contribution in [3.63, 3.8) is 0 Å². The van der Waals surface area contributed by atoms with Crippen molar-refractivity contribution in [1.82, 2.24) is 0 Å². The van der Waals surface area contributed by atoms with Crippen molar-refractivity contribution >= 4 is 38.4 Å². The summed E-state index contributed by atoms with van der Waals surface area (Å²) >= 11 is 0. The fraction of sp³-hybridized carbons (Fsp3) is 0.0323. The van der Waals surface area contributed by atoms with Crippen LogP contribution in [0.15, 0.2) is 127 Å². The molecule has 0 nitrogen and oxygen atoms in total. The summed E-state index contributed by atoms with van der Waals surface area (Å²) in [7, 11) is 2.27. The van der Waals surface area contributed by atoms with Crippen LogP contribution in [0.2, 0.25) is 0 Å². The zero-order chi connectivity index (χ0) is 22.6. The molecule has 0 bridgehead atoms. The maximum Gasteiger partial charge on any atom is -0.00724 e. The highest BCUT2D eigenvalue weighted by Crippen LogP contribution is 2.38. The van der Waals surface area contributed by atoms with Crippen LogP contribution in [-0.4, -0.2) is 0 Å². The lowest BCUT2D eigenvalue weighted by Crippen LogP contribution is -2.22. The van der Waals surface area contributed by atoms with Crippen LogP contribution >= 0.6 is 17.2 Å². The molecule has 0 saturated carbocycles. The van der Waals surface area contributed by atoms with Crippen molar-refractivity contribution in [3.8, 4) is 22.3 Å². The molecule has 33 heavy (non-hydrogen) atoms. The molecule has 0 N–H and O–H groups in total. The lowest BCUT2D eigenvalue weighted by atomic mass is 9.96. The molecule has 160 valence electrons. The summed E-state index contributed by atoms with van der Waals surface area (Å²) in [5.41, 5.74) is 6.42. The Labute approximate surface area is 200 Å². The minimum Gasteiger partial charge on any atom is -0.105 e. The van der Waals surface area contributed by atoms with Gasteiger partial charge in [0.25, 0.3) is 0 Å². The minimum atomic E-state index is -0.682. The van der Waals surface area contributed by atoms with Crippen molar-refractivity contribution in [3.05, 3.63) is 133 Å². The molecule has 1 unspecified atom stereocenters. The smallest absolute Gasteiger partial charge is 0.00724 e. The first-order valence-electron chi connectivity index (χ1n) is 11.2. The number of rotatable bonds is 5. The van der Waals surface area contributed by atoms with E-state index in [-0.39, 0.29) is 0 Å². The SMILES string of the molecule is Cc1ccccc1-c1ccc(P)c(-c2ccccc2P(c2ccccc2)c2ccccc2)c1. The second-order valence-electron chi connectivity index (χ2n) is 8.14. The zero-order valence-corrected chi connectivity index (χ0v) is 20.7. The molecule has 0 radical (unpaired) electrons. The van der Waals surface area contributed by atoms with E-state index in [0.29, 0.717) is 0 Å². The number of benzene rings is 5. The summed E-state index contributed by atoms with van der Waals surface area (Å²) in [6, 6.07) is 46.2. The van der Waals surface area contributed by atoms with Gasteiger partial charge in [-0.15, -0.1) is 9.24 Å². The van der Waals surface area contributed by atoms with E-state index in [1.54, 1.807) is 0 Å². The van der Waals surface area contributed by atoms with Gasteiger partial charge in [-0.05, 0) is 69.9 Å². The van der Waals surface area contributed by atoms with E-state index in [0.717, 1.165) is 0 Å². The zero-order valence-electron chi connectivity index (χ0n) is 18.6. The first-order chi connectivity index (χ1) is 16.2. The minimum absolute atomic E-state index is 0.682. The van der Waals surface area contributed by atoms with E-state index in [1.165, 1.54) is 49.0 Å². The molecule has 1 atom stereocenters. The van der Waals surface area contributed by atoms with Crippen LogP contribution in [0.4, 0.5) is 0 Å². The van der Waals surface area contributed by atoms with Crippen molar-refractivity contribution < 1.29 is 0 Å². The third kappa shape index (κ3) is 4.56. The van der Waals surface area contributed by atoms with Crippen LogP contribution in [0.1, 0.15) is 5.56 Å². The van der Waals surface area contributed by atoms with Gasteiger partial charge in [0.1, 0.15) is 0 Å². The number of hydrogen-bond donors (Lipinski definition) is 0. The Morgan fingerprint density at radius 1 is 0.515 bits per heavy atom. The monoisotopic (exact) mass is 460 g/mol. The Bertz CT molecular complexity index is 1340. The molecule has 0 aliphatic heterocycles. The molecule has 0 aliphatic rings. The summed E-state index contributed by atoms with van der Waals surface area (Å²) in [5, 5.41) is 5.34. The Balaban J connectivity index is 1.71. The van der Waals surface area contributed by atoms with Crippen LogP contribution in [-0.2, 0) is 0 Å². The first-order valence-corrected chi connectivity index (χ1v) is 13.1. The van der Waals surface area contributed by atoms with Gasteiger partial charge in [0, 0.05) is 0 Å². The number of hydrogen-bond acceptors (Lipinski definition) is 0. The van der Waals surface area contributed by atoms with Gasteiger partial charge in [0.15, 0.2) is 0 Å². The summed E-state index contributed by atoms with van der Waals surface area (Å²) < 4.78 is 0. The quantitative estimate of drug-likeness (QED) is 0.260. The van der Waals surface area contributed by atoms with Crippen LogP contribution in [0.3, 0.4) is 0 Å². The highest BCUT2D eigenvalue weighted by molar-refractivity contribution is 7.80. The Kier molecular flexibility index (Phi) is 6.50. The fourth-order valence-corrected chi connectivity index (χ4v) is 7.13. The van der Waals surface area contributed by atoms with Gasteiger partial charge in [-0.1, -0.05) is 121 Å². The van der Waals surface area contributed by atoms with Crippen molar-refractivity contribution in [2.45, 2.75) is 6.92 Å². The summed E-state index contributed by atoms with van der Waals surface area (Å²) in [6.07, 6.45) is 0. The maximum atomic E-state index is 2.95. The average Bonchev–Trinajstić information content (AvgIpc) is 2.87. The van der Waals surface area contributed by atoms with Gasteiger partial charge < -0.3 is 0 Å². The first kappa shape index (κ1) is 21.8. The van der Waals surface area contributed by atoms with Gasteiger partial charge in [-0.2, -0.15) is 0 Å². The molecule has 0 aromatic heterocycles. The molecule has 0 saturated heterocycles. The largest absolute Gasteiger partial charge is 0.105 e. The van der Waals surface area contributed by atoms with Crippen molar-refractivity contribution in [2.24, 2.45) is 0 Å². The molecular weight excluding hydrogens is 434 g/mol. The molecule has 5 aromatic carbocycles. The van der Waals surface area contributed by atoms with Crippen molar-refractivity contribution in [1.29, 1.82) is 0 Å². The van der Waals surface area contributed by atoms with Crippen LogP contribution in [0, 0.1) is 6.92 Å². The second-order valence-corrected chi connectivity index (χ2v) is 10.9. The Morgan fingerprint density at radius 2 is 1.06 bits per heavy atom. The van der Waals surface area contributed by atoms with E-state index >= 15 is 0 Å². The number of aryl methyl sites for hydroxylation is 1. The lowest BCUT2D eigenvalue weighted by molar-refractivity contribution is 1.46. The van der Waals surface area contributed by atoms with Crippen molar-refractivity contribution in [2.75, 3.05) is 0 Å². The van der Waals surface area contributed by atoms with Gasteiger partial charge in [0.05, 0.1) is 0 Å². The predicted octanol–water partition coefficient (Wildman–Crippen LogP) is 6.59.